The largest absolute Gasteiger partial charge is 0.322 e. The molecule has 0 saturated carbocycles. The molecule has 0 radical (unpaired) electrons. The minimum absolute atomic E-state index is 0. The Kier molecular flexibility index (Phi) is 11.9. The normalized spacial score (nSPS) is 12.6. The van der Waals surface area contributed by atoms with Gasteiger partial charge in [0, 0.05) is 19.5 Å². The molecule has 6 heteroatoms. The SMILES string of the molecule is Cc1ccc(C(C)C)cc1.Cc1ccccc1S(=O)(=O)N[C@H](c1ccccc1)[C@H](N)c1ccccc1.[Ru]. The Hall–Kier alpha value is -2.63. The van der Waals surface area contributed by atoms with Gasteiger partial charge in [0.15, 0.2) is 0 Å². The molecule has 0 unspecified atom stereocenters. The van der Waals surface area contributed by atoms with Crippen molar-refractivity contribution < 1.29 is 27.9 Å². The van der Waals surface area contributed by atoms with Crippen molar-refractivity contribution >= 4 is 10.0 Å². The van der Waals surface area contributed by atoms with Gasteiger partial charge >= 0.3 is 0 Å². The number of hydrogen-bond donors (Lipinski definition) is 2. The summed E-state index contributed by atoms with van der Waals surface area (Å²) < 4.78 is 28.8. The Labute approximate surface area is 235 Å². The summed E-state index contributed by atoms with van der Waals surface area (Å²) in [7, 11) is -3.72. The molecule has 196 valence electrons. The first kappa shape index (κ1) is 30.6. The van der Waals surface area contributed by atoms with Crippen LogP contribution in [0.3, 0.4) is 0 Å². The first-order valence-corrected chi connectivity index (χ1v) is 13.7. The summed E-state index contributed by atoms with van der Waals surface area (Å²) in [5.74, 6) is 0.653. The smallest absolute Gasteiger partial charge is 0.241 e. The van der Waals surface area contributed by atoms with Gasteiger partial charge in [-0.2, -0.15) is 0 Å². The number of aryl methyl sites for hydroxylation is 2. The van der Waals surface area contributed by atoms with Crippen LogP contribution in [0.15, 0.2) is 114 Å². The number of nitrogens with one attached hydrogen (secondary N) is 1. The van der Waals surface area contributed by atoms with Crippen LogP contribution >= 0.6 is 0 Å². The van der Waals surface area contributed by atoms with Crippen molar-refractivity contribution in [3.05, 3.63) is 137 Å². The van der Waals surface area contributed by atoms with Crippen LogP contribution in [-0.4, -0.2) is 8.42 Å². The van der Waals surface area contributed by atoms with Crippen molar-refractivity contribution in [2.24, 2.45) is 5.73 Å². The molecular formula is C31H36N2O2RuS. The van der Waals surface area contributed by atoms with Crippen LogP contribution in [0.25, 0.3) is 0 Å². The van der Waals surface area contributed by atoms with Gasteiger partial charge in [-0.1, -0.05) is 123 Å². The second-order valence-electron chi connectivity index (χ2n) is 9.28. The van der Waals surface area contributed by atoms with Crippen LogP contribution in [0.1, 0.15) is 59.7 Å². The number of sulfonamides is 1. The maximum atomic E-state index is 13.0. The number of nitrogens with two attached hydrogens (primary N) is 1. The number of rotatable bonds is 7. The van der Waals surface area contributed by atoms with Gasteiger partial charge in [0.05, 0.1) is 17.0 Å². The molecule has 2 atom stereocenters. The van der Waals surface area contributed by atoms with Crippen molar-refractivity contribution in [2.45, 2.75) is 50.6 Å². The maximum absolute atomic E-state index is 13.0. The summed E-state index contributed by atoms with van der Waals surface area (Å²) in [4.78, 5) is 0.265. The van der Waals surface area contributed by atoms with E-state index in [1.165, 1.54) is 11.1 Å². The van der Waals surface area contributed by atoms with Crippen molar-refractivity contribution in [1.82, 2.24) is 4.72 Å². The van der Waals surface area contributed by atoms with E-state index in [4.69, 9.17) is 5.73 Å². The maximum Gasteiger partial charge on any atom is 0.241 e. The van der Waals surface area contributed by atoms with Crippen LogP contribution in [0.2, 0.25) is 0 Å². The molecular weight excluding hydrogens is 565 g/mol. The molecule has 0 spiro atoms. The van der Waals surface area contributed by atoms with E-state index >= 15 is 0 Å². The molecule has 4 nitrogen and oxygen atoms in total. The van der Waals surface area contributed by atoms with Crippen LogP contribution in [0.4, 0.5) is 0 Å². The molecule has 0 aliphatic heterocycles. The fraction of sp³-hybridized carbons (Fsp3) is 0.226. The minimum atomic E-state index is -3.72. The molecule has 0 amide bonds. The molecule has 0 bridgehead atoms. The Balaban J connectivity index is 0.000000369. The summed E-state index contributed by atoms with van der Waals surface area (Å²) in [6.07, 6.45) is 0. The molecule has 0 aliphatic carbocycles. The van der Waals surface area contributed by atoms with Crippen molar-refractivity contribution in [2.75, 3.05) is 0 Å². The summed E-state index contributed by atoms with van der Waals surface area (Å²) in [5.41, 5.74) is 11.6. The van der Waals surface area contributed by atoms with E-state index in [2.05, 4.69) is 49.8 Å². The predicted octanol–water partition coefficient (Wildman–Crippen LogP) is 6.83. The Morgan fingerprint density at radius 3 is 1.65 bits per heavy atom. The summed E-state index contributed by atoms with van der Waals surface area (Å²) in [6.45, 7) is 8.32. The molecule has 4 aromatic carbocycles. The fourth-order valence-electron chi connectivity index (χ4n) is 3.92. The van der Waals surface area contributed by atoms with E-state index in [1.54, 1.807) is 25.1 Å². The molecule has 0 aliphatic rings. The van der Waals surface area contributed by atoms with Gasteiger partial charge in [-0.15, -0.1) is 0 Å². The average Bonchev–Trinajstić information content (AvgIpc) is 2.89. The zero-order valence-electron chi connectivity index (χ0n) is 21.8. The summed E-state index contributed by atoms with van der Waals surface area (Å²) in [6, 6.07) is 33.5. The van der Waals surface area contributed by atoms with Crippen molar-refractivity contribution in [3.63, 3.8) is 0 Å². The summed E-state index contributed by atoms with van der Waals surface area (Å²) >= 11 is 0. The van der Waals surface area contributed by atoms with Gasteiger partial charge in [0.1, 0.15) is 0 Å². The second-order valence-corrected chi connectivity index (χ2v) is 11.0. The topological polar surface area (TPSA) is 72.2 Å². The van der Waals surface area contributed by atoms with Crippen molar-refractivity contribution in [3.8, 4) is 0 Å². The van der Waals surface area contributed by atoms with Gasteiger partial charge in [-0.3, -0.25) is 0 Å². The molecule has 37 heavy (non-hydrogen) atoms. The van der Waals surface area contributed by atoms with E-state index < -0.39 is 22.1 Å². The van der Waals surface area contributed by atoms with Crippen LogP contribution in [0.5, 0.6) is 0 Å². The molecule has 4 rings (SSSR count). The van der Waals surface area contributed by atoms with Crippen LogP contribution in [-0.2, 0) is 29.5 Å². The first-order chi connectivity index (χ1) is 17.2. The fourth-order valence-corrected chi connectivity index (χ4v) is 5.41. The third-order valence-corrected chi connectivity index (χ3v) is 7.71. The van der Waals surface area contributed by atoms with Gasteiger partial charge in [0.2, 0.25) is 10.0 Å². The summed E-state index contributed by atoms with van der Waals surface area (Å²) in [5, 5.41) is 0. The zero-order chi connectivity index (χ0) is 26.1. The molecule has 0 fully saturated rings. The third-order valence-electron chi connectivity index (χ3n) is 6.11. The average molecular weight is 602 g/mol. The monoisotopic (exact) mass is 602 g/mol. The van der Waals surface area contributed by atoms with Crippen LogP contribution in [0, 0.1) is 13.8 Å². The Morgan fingerprint density at radius 1 is 0.649 bits per heavy atom. The minimum Gasteiger partial charge on any atom is -0.322 e. The molecule has 3 N–H and O–H groups in total. The standard InChI is InChI=1S/C21H22N2O2S.C10H14.Ru/c1-16-10-8-9-15-19(16)26(24,25)23-21(18-13-6-3-7-14-18)20(22)17-11-4-2-5-12-17;1-8(2)10-6-4-9(3)5-7-10;/h2-15,20-21,23H,22H2,1H3;4-8H,1-3H3;/t20-,21-;;/m1../s1. The van der Waals surface area contributed by atoms with Crippen LogP contribution < -0.4 is 10.5 Å². The van der Waals surface area contributed by atoms with E-state index in [-0.39, 0.29) is 24.4 Å². The van der Waals surface area contributed by atoms with E-state index in [0.29, 0.717) is 11.5 Å². The van der Waals surface area contributed by atoms with E-state index in [0.717, 1.165) is 11.1 Å². The number of hydrogen-bond acceptors (Lipinski definition) is 3. The second kappa shape index (κ2) is 14.3. The molecule has 0 heterocycles. The van der Waals surface area contributed by atoms with E-state index in [1.807, 2.05) is 66.7 Å². The number of benzene rings is 4. The molecule has 4 aromatic rings. The third kappa shape index (κ3) is 8.72. The predicted molar refractivity (Wildman–Crippen MR) is 149 cm³/mol. The quantitative estimate of drug-likeness (QED) is 0.228. The van der Waals surface area contributed by atoms with Gasteiger partial charge in [-0.05, 0) is 48.1 Å². The van der Waals surface area contributed by atoms with Gasteiger partial charge in [0.25, 0.3) is 0 Å². The first-order valence-electron chi connectivity index (χ1n) is 12.2. The molecule has 0 aromatic heterocycles. The Morgan fingerprint density at radius 2 is 1.14 bits per heavy atom. The molecule has 0 saturated heterocycles. The Bertz CT molecular complexity index is 1330. The van der Waals surface area contributed by atoms with Gasteiger partial charge < -0.3 is 5.73 Å². The zero-order valence-corrected chi connectivity index (χ0v) is 24.3. The van der Waals surface area contributed by atoms with Gasteiger partial charge in [-0.25, -0.2) is 13.1 Å². The van der Waals surface area contributed by atoms with Crippen molar-refractivity contribution in [1.29, 1.82) is 0 Å². The van der Waals surface area contributed by atoms with E-state index in [9.17, 15) is 8.42 Å².